The predicted molar refractivity (Wildman–Crippen MR) is 69.4 cm³/mol. The van der Waals surface area contributed by atoms with Gasteiger partial charge in [0.1, 0.15) is 14.6 Å². The van der Waals surface area contributed by atoms with Gasteiger partial charge in [-0.1, -0.05) is 19.6 Å². The molecule has 1 aromatic rings. The first-order chi connectivity index (χ1) is 6.68. The SMILES string of the molecule is Cn1ccc(C[N+](C)(C)C[Si](C)(C)C)c1. The van der Waals surface area contributed by atoms with Crippen molar-refractivity contribution in [1.29, 1.82) is 0 Å². The Morgan fingerprint density at radius 2 is 1.87 bits per heavy atom. The number of aromatic nitrogens is 1. The number of nitrogens with zero attached hydrogens (tertiary/aromatic N) is 2. The molecule has 86 valence electrons. The van der Waals surface area contributed by atoms with Gasteiger partial charge >= 0.3 is 0 Å². The zero-order valence-corrected chi connectivity index (χ0v) is 12.0. The highest BCUT2D eigenvalue weighted by atomic mass is 28.3. The van der Waals surface area contributed by atoms with E-state index in [2.05, 4.69) is 63.8 Å². The zero-order valence-electron chi connectivity index (χ0n) is 11.0. The van der Waals surface area contributed by atoms with Crippen LogP contribution in [0, 0.1) is 0 Å². The van der Waals surface area contributed by atoms with Gasteiger partial charge in [-0.15, -0.1) is 0 Å². The predicted octanol–water partition coefficient (Wildman–Crippen LogP) is 2.48. The van der Waals surface area contributed by atoms with Crippen molar-refractivity contribution in [2.75, 3.05) is 20.3 Å². The number of aryl methyl sites for hydroxylation is 1. The minimum atomic E-state index is -0.974. The molecule has 0 radical (unpaired) electrons. The first-order valence-corrected chi connectivity index (χ1v) is 9.32. The van der Waals surface area contributed by atoms with E-state index in [1.807, 2.05) is 0 Å². The van der Waals surface area contributed by atoms with Crippen LogP contribution in [0.2, 0.25) is 19.6 Å². The highest BCUT2D eigenvalue weighted by Crippen LogP contribution is 2.14. The molecule has 0 saturated carbocycles. The molecule has 0 N–H and O–H groups in total. The topological polar surface area (TPSA) is 4.93 Å². The fourth-order valence-corrected chi connectivity index (χ4v) is 5.17. The second kappa shape index (κ2) is 4.14. The summed E-state index contributed by atoms with van der Waals surface area (Å²) in [6.07, 6.45) is 5.69. The molecule has 0 aliphatic rings. The molecule has 1 rings (SSSR count). The van der Waals surface area contributed by atoms with Gasteiger partial charge in [0, 0.05) is 25.0 Å². The van der Waals surface area contributed by atoms with Crippen LogP contribution in [0.25, 0.3) is 0 Å². The van der Waals surface area contributed by atoms with Crippen LogP contribution in [0.15, 0.2) is 18.5 Å². The standard InChI is InChI=1S/C12H25N2Si/c1-13-8-7-12(9-13)10-14(2,3)11-15(4,5)6/h7-9H,10-11H2,1-6H3/q+1. The molecule has 0 aliphatic heterocycles. The van der Waals surface area contributed by atoms with E-state index < -0.39 is 8.07 Å². The van der Waals surface area contributed by atoms with E-state index >= 15 is 0 Å². The number of hydrogen-bond acceptors (Lipinski definition) is 0. The molecule has 1 heterocycles. The van der Waals surface area contributed by atoms with Gasteiger partial charge in [0.15, 0.2) is 0 Å². The van der Waals surface area contributed by atoms with Gasteiger partial charge in [0.2, 0.25) is 0 Å². The van der Waals surface area contributed by atoms with Gasteiger partial charge in [-0.2, -0.15) is 0 Å². The van der Waals surface area contributed by atoms with E-state index in [0.29, 0.717) is 0 Å². The molecule has 2 nitrogen and oxygen atoms in total. The van der Waals surface area contributed by atoms with Crippen molar-refractivity contribution in [1.82, 2.24) is 4.57 Å². The summed E-state index contributed by atoms with van der Waals surface area (Å²) in [4.78, 5) is 0. The second-order valence-electron chi connectivity index (χ2n) is 6.50. The summed E-state index contributed by atoms with van der Waals surface area (Å²) in [7, 11) is 5.79. The van der Waals surface area contributed by atoms with Crippen molar-refractivity contribution < 1.29 is 4.48 Å². The highest BCUT2D eigenvalue weighted by molar-refractivity contribution is 6.75. The summed E-state index contributed by atoms with van der Waals surface area (Å²) in [6.45, 7) is 8.47. The molecule has 0 bridgehead atoms. The Kier molecular flexibility index (Phi) is 3.46. The van der Waals surface area contributed by atoms with E-state index in [1.54, 1.807) is 0 Å². The van der Waals surface area contributed by atoms with Gasteiger partial charge in [-0.05, 0) is 6.07 Å². The van der Waals surface area contributed by atoms with Gasteiger partial charge < -0.3 is 9.05 Å². The Morgan fingerprint density at radius 3 is 2.27 bits per heavy atom. The van der Waals surface area contributed by atoms with Crippen LogP contribution in [-0.2, 0) is 13.6 Å². The van der Waals surface area contributed by atoms with E-state index in [1.165, 1.54) is 11.7 Å². The van der Waals surface area contributed by atoms with Crippen molar-refractivity contribution in [2.45, 2.75) is 26.2 Å². The van der Waals surface area contributed by atoms with Crippen molar-refractivity contribution in [3.05, 3.63) is 24.0 Å². The Bertz CT molecular complexity index is 321. The van der Waals surface area contributed by atoms with Crippen molar-refractivity contribution in [3.63, 3.8) is 0 Å². The quantitative estimate of drug-likeness (QED) is 0.548. The van der Waals surface area contributed by atoms with Gasteiger partial charge in [0.05, 0.1) is 20.3 Å². The Hall–Kier alpha value is -0.543. The summed E-state index contributed by atoms with van der Waals surface area (Å²) < 4.78 is 3.24. The summed E-state index contributed by atoms with van der Waals surface area (Å²) in [6, 6.07) is 2.23. The lowest BCUT2D eigenvalue weighted by atomic mass is 10.3. The van der Waals surface area contributed by atoms with Crippen LogP contribution in [0.3, 0.4) is 0 Å². The zero-order chi connectivity index (χ0) is 11.7. The third kappa shape index (κ3) is 4.67. The third-order valence-corrected chi connectivity index (χ3v) is 4.21. The summed E-state index contributed by atoms with van der Waals surface area (Å²) >= 11 is 0. The van der Waals surface area contributed by atoms with Crippen LogP contribution in [0.5, 0.6) is 0 Å². The fourth-order valence-electron chi connectivity index (χ4n) is 2.49. The van der Waals surface area contributed by atoms with E-state index in [9.17, 15) is 0 Å². The Labute approximate surface area is 95.1 Å². The van der Waals surface area contributed by atoms with Crippen molar-refractivity contribution in [3.8, 4) is 0 Å². The average Bonchev–Trinajstić information content (AvgIpc) is 2.27. The lowest BCUT2D eigenvalue weighted by Crippen LogP contribution is -2.49. The van der Waals surface area contributed by atoms with Crippen LogP contribution < -0.4 is 0 Å². The maximum Gasteiger partial charge on any atom is 0.110 e. The number of rotatable bonds is 4. The molecular formula is C12H25N2Si+. The number of quaternary nitrogens is 1. The minimum absolute atomic E-state index is 0.974. The third-order valence-electron chi connectivity index (χ3n) is 2.41. The van der Waals surface area contributed by atoms with Gasteiger partial charge in [-0.25, -0.2) is 0 Å². The largest absolute Gasteiger partial charge is 0.357 e. The van der Waals surface area contributed by atoms with E-state index in [-0.39, 0.29) is 0 Å². The van der Waals surface area contributed by atoms with Gasteiger partial charge in [0.25, 0.3) is 0 Å². The first kappa shape index (κ1) is 12.5. The van der Waals surface area contributed by atoms with Crippen LogP contribution in [-0.4, -0.2) is 37.4 Å². The summed E-state index contributed by atoms with van der Waals surface area (Å²) in [5.74, 6) is 0. The molecule has 0 aliphatic carbocycles. The average molecular weight is 225 g/mol. The van der Waals surface area contributed by atoms with Crippen LogP contribution >= 0.6 is 0 Å². The molecule has 15 heavy (non-hydrogen) atoms. The molecule has 0 saturated heterocycles. The normalized spacial score (nSPS) is 13.2. The van der Waals surface area contributed by atoms with Crippen LogP contribution in [0.1, 0.15) is 5.56 Å². The molecule has 0 fully saturated rings. The Balaban J connectivity index is 2.64. The molecular weight excluding hydrogens is 200 g/mol. The Morgan fingerprint density at radius 1 is 1.27 bits per heavy atom. The second-order valence-corrected chi connectivity index (χ2v) is 11.9. The van der Waals surface area contributed by atoms with E-state index in [0.717, 1.165) is 11.0 Å². The first-order valence-electron chi connectivity index (χ1n) is 5.61. The smallest absolute Gasteiger partial charge is 0.110 e. The molecule has 1 aromatic heterocycles. The molecule has 0 unspecified atom stereocenters. The summed E-state index contributed by atoms with van der Waals surface area (Å²) in [5, 5.41) is 0. The van der Waals surface area contributed by atoms with Gasteiger partial charge in [-0.3, -0.25) is 0 Å². The van der Waals surface area contributed by atoms with Crippen molar-refractivity contribution in [2.24, 2.45) is 7.05 Å². The highest BCUT2D eigenvalue weighted by Gasteiger charge is 2.26. The molecule has 0 aromatic carbocycles. The lowest BCUT2D eigenvalue weighted by Gasteiger charge is -2.34. The molecule has 0 atom stereocenters. The van der Waals surface area contributed by atoms with Crippen LogP contribution in [0.4, 0.5) is 0 Å². The molecule has 0 amide bonds. The van der Waals surface area contributed by atoms with Crippen molar-refractivity contribution >= 4 is 8.07 Å². The fraction of sp³-hybridized carbons (Fsp3) is 0.667. The van der Waals surface area contributed by atoms with E-state index in [4.69, 9.17) is 0 Å². The maximum atomic E-state index is 2.44. The lowest BCUT2D eigenvalue weighted by molar-refractivity contribution is -0.894. The maximum absolute atomic E-state index is 2.44. The molecule has 3 heteroatoms. The summed E-state index contributed by atoms with van der Waals surface area (Å²) in [5.41, 5.74) is 1.45. The molecule has 0 spiro atoms. The monoisotopic (exact) mass is 225 g/mol. The minimum Gasteiger partial charge on any atom is -0.357 e. The number of hydrogen-bond donors (Lipinski definition) is 0.